The maximum Gasteiger partial charge on any atom is 0.308 e. The smallest absolute Gasteiger partial charge is 0.308 e. The zero-order valence-electron chi connectivity index (χ0n) is 10.6. The molecule has 1 saturated carbocycles. The van der Waals surface area contributed by atoms with Crippen molar-refractivity contribution in [2.45, 2.75) is 12.0 Å². The fraction of sp³-hybridized carbons (Fsp3) is 0.286. The van der Waals surface area contributed by atoms with Gasteiger partial charge in [0.25, 0.3) is 0 Å². The number of aliphatic carboxylic acids is 1. The van der Waals surface area contributed by atoms with Crippen LogP contribution in [0.5, 0.6) is 0 Å². The predicted octanol–water partition coefficient (Wildman–Crippen LogP) is 2.33. The summed E-state index contributed by atoms with van der Waals surface area (Å²) in [5, 5.41) is 13.0. The maximum absolute atomic E-state index is 12.6. The number of rotatable bonds is 4. The number of carbonyl (C=O) groups excluding carboxylic acids is 1. The highest BCUT2D eigenvalue weighted by Crippen LogP contribution is 2.46. The Morgan fingerprint density at radius 2 is 2.25 bits per heavy atom. The van der Waals surface area contributed by atoms with E-state index in [1.54, 1.807) is 19.2 Å². The van der Waals surface area contributed by atoms with Gasteiger partial charge in [0.1, 0.15) is 0 Å². The molecule has 1 aliphatic rings. The van der Waals surface area contributed by atoms with Crippen LogP contribution in [0.1, 0.15) is 16.8 Å². The Labute approximate surface area is 119 Å². The highest BCUT2D eigenvalue weighted by Gasteiger charge is 2.63. The van der Waals surface area contributed by atoms with Gasteiger partial charge in [0.2, 0.25) is 0 Å². The number of nitrogens with one attached hydrogen (secondary N) is 1. The molecule has 0 aliphatic heterocycles. The van der Waals surface area contributed by atoms with E-state index in [1.807, 2.05) is 0 Å². The first-order chi connectivity index (χ1) is 9.49. The molecule has 1 heterocycles. The van der Waals surface area contributed by atoms with Crippen molar-refractivity contribution in [2.75, 3.05) is 7.05 Å². The molecule has 2 N–H and O–H groups in total. The van der Waals surface area contributed by atoms with Gasteiger partial charge in [-0.2, -0.15) is 0 Å². The van der Waals surface area contributed by atoms with Crippen molar-refractivity contribution in [1.29, 1.82) is 0 Å². The van der Waals surface area contributed by atoms with Crippen LogP contribution in [0.25, 0.3) is 11.0 Å². The lowest BCUT2D eigenvalue weighted by Gasteiger charge is -2.14. The molecule has 3 rings (SSSR count). The number of furan rings is 1. The van der Waals surface area contributed by atoms with Gasteiger partial charge in [-0.15, -0.1) is 0 Å². The van der Waals surface area contributed by atoms with Gasteiger partial charge in [-0.1, -0.05) is 11.6 Å². The summed E-state index contributed by atoms with van der Waals surface area (Å²) >= 11 is 6.08. The molecule has 20 heavy (non-hydrogen) atoms. The average molecular weight is 294 g/mol. The zero-order chi connectivity index (χ0) is 14.5. The number of carboxylic acids is 1. The Bertz CT molecular complexity index is 723. The summed E-state index contributed by atoms with van der Waals surface area (Å²) in [5.74, 6) is -1.92. The second-order valence-electron chi connectivity index (χ2n) is 4.94. The average Bonchev–Trinajstić information content (AvgIpc) is 3.00. The van der Waals surface area contributed by atoms with Crippen LogP contribution in [0.15, 0.2) is 28.9 Å². The number of carbonyl (C=O) groups is 2. The minimum atomic E-state index is -1.02. The Morgan fingerprint density at radius 3 is 2.85 bits per heavy atom. The molecule has 0 radical (unpaired) electrons. The van der Waals surface area contributed by atoms with E-state index in [0.717, 1.165) is 5.39 Å². The Morgan fingerprint density at radius 1 is 1.50 bits per heavy atom. The molecule has 0 amide bonds. The van der Waals surface area contributed by atoms with Crippen molar-refractivity contribution < 1.29 is 19.1 Å². The van der Waals surface area contributed by atoms with E-state index in [4.69, 9.17) is 21.1 Å². The monoisotopic (exact) mass is 293 g/mol. The summed E-state index contributed by atoms with van der Waals surface area (Å²) in [7, 11) is 1.60. The summed E-state index contributed by atoms with van der Waals surface area (Å²) in [4.78, 5) is 23.7. The molecule has 0 bridgehead atoms. The lowest BCUT2D eigenvalue weighted by atomic mass is 9.99. The molecule has 0 spiro atoms. The number of likely N-dealkylation sites (N-methyl/N-ethyl adjacent to an activating group) is 1. The number of fused-ring (bicyclic) bond motifs is 1. The van der Waals surface area contributed by atoms with Gasteiger partial charge in [-0.3, -0.25) is 9.59 Å². The highest BCUT2D eigenvalue weighted by molar-refractivity contribution is 6.35. The molecule has 0 saturated heterocycles. The number of carboxylic acid groups (broad SMARTS) is 1. The van der Waals surface area contributed by atoms with Crippen molar-refractivity contribution in [3.05, 3.63) is 35.0 Å². The van der Waals surface area contributed by atoms with Crippen LogP contribution in [0.2, 0.25) is 5.02 Å². The minimum Gasteiger partial charge on any atom is -0.481 e. The van der Waals surface area contributed by atoms with Gasteiger partial charge in [0.05, 0.1) is 22.7 Å². The quantitative estimate of drug-likeness (QED) is 0.846. The van der Waals surface area contributed by atoms with E-state index >= 15 is 0 Å². The van der Waals surface area contributed by atoms with Gasteiger partial charge < -0.3 is 14.8 Å². The predicted molar refractivity (Wildman–Crippen MR) is 73.1 cm³/mol. The third-order valence-corrected chi connectivity index (χ3v) is 4.16. The molecule has 1 fully saturated rings. The molecular formula is C14H12ClNO4. The molecule has 2 aromatic rings. The second kappa shape index (κ2) is 4.33. The fourth-order valence-electron chi connectivity index (χ4n) is 2.63. The van der Waals surface area contributed by atoms with E-state index < -0.39 is 17.4 Å². The molecular weight excluding hydrogens is 282 g/mol. The lowest BCUT2D eigenvalue weighted by molar-refractivity contribution is -0.138. The van der Waals surface area contributed by atoms with Crippen molar-refractivity contribution in [1.82, 2.24) is 5.32 Å². The van der Waals surface area contributed by atoms with Gasteiger partial charge in [0.15, 0.2) is 11.4 Å². The molecule has 5 nitrogen and oxygen atoms in total. The number of ketones is 1. The van der Waals surface area contributed by atoms with E-state index in [-0.39, 0.29) is 5.78 Å². The van der Waals surface area contributed by atoms with Crippen LogP contribution >= 0.6 is 11.6 Å². The first kappa shape index (κ1) is 13.1. The maximum atomic E-state index is 12.6. The highest BCUT2D eigenvalue weighted by atomic mass is 35.5. The fourth-order valence-corrected chi connectivity index (χ4v) is 2.90. The number of hydrogen-bond donors (Lipinski definition) is 2. The largest absolute Gasteiger partial charge is 0.481 e. The first-order valence-electron chi connectivity index (χ1n) is 6.13. The van der Waals surface area contributed by atoms with Crippen molar-refractivity contribution in [3.63, 3.8) is 0 Å². The first-order valence-corrected chi connectivity index (χ1v) is 6.50. The summed E-state index contributed by atoms with van der Waals surface area (Å²) < 4.78 is 5.22. The van der Waals surface area contributed by atoms with Crippen LogP contribution in [0.3, 0.4) is 0 Å². The Hall–Kier alpha value is -1.85. The Kier molecular flexibility index (Phi) is 2.84. The van der Waals surface area contributed by atoms with E-state index in [2.05, 4.69) is 5.32 Å². The molecule has 2 atom stereocenters. The van der Waals surface area contributed by atoms with Crippen molar-refractivity contribution in [3.8, 4) is 0 Å². The van der Waals surface area contributed by atoms with Crippen molar-refractivity contribution >= 4 is 34.3 Å². The van der Waals surface area contributed by atoms with E-state index in [1.165, 1.54) is 12.3 Å². The van der Waals surface area contributed by atoms with Gasteiger partial charge in [0, 0.05) is 10.9 Å². The SMILES string of the molecule is CNC1(C(=O)c2cc(Cl)c3occc3c2)CC1C(=O)O. The minimum absolute atomic E-state index is 0.252. The normalized spacial score (nSPS) is 24.8. The molecule has 1 aromatic heterocycles. The number of halogens is 1. The summed E-state index contributed by atoms with van der Waals surface area (Å²) in [6.07, 6.45) is 1.79. The van der Waals surface area contributed by atoms with Crippen LogP contribution in [-0.2, 0) is 4.79 Å². The number of Topliss-reactive ketones (excluding diaryl/α,β-unsaturated/α-hetero) is 1. The molecule has 1 aliphatic carbocycles. The molecule has 2 unspecified atom stereocenters. The second-order valence-corrected chi connectivity index (χ2v) is 5.35. The zero-order valence-corrected chi connectivity index (χ0v) is 11.4. The van der Waals surface area contributed by atoms with Gasteiger partial charge >= 0.3 is 5.97 Å². The molecule has 1 aromatic carbocycles. The third kappa shape index (κ3) is 1.74. The van der Waals surface area contributed by atoms with Crippen molar-refractivity contribution in [2.24, 2.45) is 5.92 Å². The topological polar surface area (TPSA) is 79.5 Å². The van der Waals surface area contributed by atoms with Gasteiger partial charge in [-0.25, -0.2) is 0 Å². The lowest BCUT2D eigenvalue weighted by Crippen LogP contribution is -2.40. The van der Waals surface area contributed by atoms with Crippen LogP contribution < -0.4 is 5.32 Å². The van der Waals surface area contributed by atoms with Crippen LogP contribution in [0, 0.1) is 5.92 Å². The Balaban J connectivity index is 2.03. The van der Waals surface area contributed by atoms with Crippen LogP contribution in [-0.4, -0.2) is 29.4 Å². The summed E-state index contributed by atoms with van der Waals surface area (Å²) in [6, 6.07) is 4.90. The molecule has 6 heteroatoms. The van der Waals surface area contributed by atoms with Crippen LogP contribution in [0.4, 0.5) is 0 Å². The standard InChI is InChI=1S/C14H12ClNO4/c1-16-14(6-9(14)13(18)19)12(17)8-4-7-2-3-20-11(7)10(15)5-8/h2-5,9,16H,6H2,1H3,(H,18,19). The summed E-state index contributed by atoms with van der Waals surface area (Å²) in [6.45, 7) is 0. The third-order valence-electron chi connectivity index (χ3n) is 3.88. The van der Waals surface area contributed by atoms with E-state index in [0.29, 0.717) is 22.6 Å². The van der Waals surface area contributed by atoms with Gasteiger partial charge in [-0.05, 0) is 31.7 Å². The summed E-state index contributed by atoms with van der Waals surface area (Å²) in [5.41, 5.74) is -0.110. The van der Waals surface area contributed by atoms with E-state index in [9.17, 15) is 9.59 Å². The number of benzene rings is 1. The number of hydrogen-bond acceptors (Lipinski definition) is 4. The molecule has 104 valence electrons.